The minimum Gasteiger partial charge on any atom is -0.352 e. The Labute approximate surface area is 218 Å². The number of halogens is 2. The van der Waals surface area contributed by atoms with Crippen LogP contribution in [0.2, 0.25) is 10.0 Å². The molecular formula is C25H33Cl2N3O4S. The van der Waals surface area contributed by atoms with Gasteiger partial charge in [0.1, 0.15) is 12.6 Å². The molecule has 2 amide bonds. The van der Waals surface area contributed by atoms with Gasteiger partial charge in [0.05, 0.1) is 22.0 Å². The summed E-state index contributed by atoms with van der Waals surface area (Å²) in [4.78, 5) is 27.9. The molecule has 192 valence electrons. The lowest BCUT2D eigenvalue weighted by Crippen LogP contribution is -2.52. The van der Waals surface area contributed by atoms with Gasteiger partial charge in [-0.15, -0.1) is 0 Å². The summed E-state index contributed by atoms with van der Waals surface area (Å²) in [6, 6.07) is 9.44. The molecule has 0 spiro atoms. The number of carbonyl (C=O) groups excluding carboxylic acids is 2. The van der Waals surface area contributed by atoms with Gasteiger partial charge in [-0.2, -0.15) is 0 Å². The van der Waals surface area contributed by atoms with Crippen LogP contribution in [0.15, 0.2) is 36.4 Å². The maximum absolute atomic E-state index is 13.6. The Balaban J connectivity index is 2.45. The molecule has 0 radical (unpaired) electrons. The molecule has 0 aliphatic carbocycles. The molecule has 0 aliphatic heterocycles. The first kappa shape index (κ1) is 28.9. The second kappa shape index (κ2) is 12.1. The number of hydrogen-bond acceptors (Lipinski definition) is 4. The van der Waals surface area contributed by atoms with Crippen molar-refractivity contribution >= 4 is 50.7 Å². The van der Waals surface area contributed by atoms with Gasteiger partial charge < -0.3 is 10.2 Å². The Bertz CT molecular complexity index is 1190. The summed E-state index contributed by atoms with van der Waals surface area (Å²) >= 11 is 12.2. The highest BCUT2D eigenvalue weighted by atomic mass is 35.5. The summed E-state index contributed by atoms with van der Waals surface area (Å²) in [5.74, 6) is -0.848. The first-order chi connectivity index (χ1) is 16.2. The number of benzene rings is 2. The van der Waals surface area contributed by atoms with E-state index in [2.05, 4.69) is 5.32 Å². The molecular weight excluding hydrogens is 509 g/mol. The highest BCUT2D eigenvalue weighted by Gasteiger charge is 2.31. The van der Waals surface area contributed by atoms with Crippen LogP contribution >= 0.6 is 23.2 Å². The van der Waals surface area contributed by atoms with Crippen molar-refractivity contribution in [3.05, 3.63) is 63.1 Å². The second-order valence-corrected chi connectivity index (χ2v) is 11.5. The minimum atomic E-state index is -3.79. The lowest BCUT2D eigenvalue weighted by Gasteiger charge is -2.32. The average molecular weight is 543 g/mol. The molecule has 7 nitrogen and oxygen atoms in total. The van der Waals surface area contributed by atoms with E-state index in [1.807, 2.05) is 32.9 Å². The standard InChI is InChI=1S/C25H33Cl2N3O4S/c1-7-18(4)28-25(32)19(5)29(14-20-10-11-21(26)22(27)13-20)24(31)15-30(35(6,33)34)23-12-16(2)8-9-17(23)3/h8-13,18-19H,7,14-15H2,1-6H3,(H,28,32)/t18-,19+/m1/s1. The van der Waals surface area contributed by atoms with Gasteiger partial charge in [0.25, 0.3) is 0 Å². The monoisotopic (exact) mass is 541 g/mol. The third kappa shape index (κ3) is 7.85. The molecule has 2 aromatic rings. The minimum absolute atomic E-state index is 0.0508. The van der Waals surface area contributed by atoms with Crippen molar-refractivity contribution in [1.29, 1.82) is 0 Å². The molecule has 35 heavy (non-hydrogen) atoms. The van der Waals surface area contributed by atoms with E-state index in [-0.39, 0.29) is 18.5 Å². The molecule has 0 bridgehead atoms. The van der Waals surface area contributed by atoms with Crippen molar-refractivity contribution < 1.29 is 18.0 Å². The maximum Gasteiger partial charge on any atom is 0.244 e. The van der Waals surface area contributed by atoms with Crippen molar-refractivity contribution in [1.82, 2.24) is 10.2 Å². The van der Waals surface area contributed by atoms with Crippen molar-refractivity contribution in [3.63, 3.8) is 0 Å². The van der Waals surface area contributed by atoms with Gasteiger partial charge in [-0.3, -0.25) is 13.9 Å². The van der Waals surface area contributed by atoms with E-state index >= 15 is 0 Å². The molecule has 0 saturated carbocycles. The fourth-order valence-corrected chi connectivity index (χ4v) is 4.69. The van der Waals surface area contributed by atoms with Crippen LogP contribution in [0.25, 0.3) is 0 Å². The molecule has 2 rings (SSSR count). The maximum atomic E-state index is 13.6. The highest BCUT2D eigenvalue weighted by Crippen LogP contribution is 2.26. The smallest absolute Gasteiger partial charge is 0.244 e. The molecule has 2 aromatic carbocycles. The van der Waals surface area contributed by atoms with Gasteiger partial charge in [0.2, 0.25) is 21.8 Å². The fraction of sp³-hybridized carbons (Fsp3) is 0.440. The lowest BCUT2D eigenvalue weighted by atomic mass is 10.1. The lowest BCUT2D eigenvalue weighted by molar-refractivity contribution is -0.139. The Morgan fingerprint density at radius 2 is 1.69 bits per heavy atom. The normalized spacial score (nSPS) is 13.1. The molecule has 0 saturated heterocycles. The van der Waals surface area contributed by atoms with E-state index in [9.17, 15) is 18.0 Å². The zero-order valence-electron chi connectivity index (χ0n) is 20.9. The number of aryl methyl sites for hydroxylation is 2. The third-order valence-corrected chi connectivity index (χ3v) is 7.68. The second-order valence-electron chi connectivity index (χ2n) is 8.82. The Morgan fingerprint density at radius 1 is 1.03 bits per heavy atom. The van der Waals surface area contributed by atoms with E-state index in [0.717, 1.165) is 22.5 Å². The van der Waals surface area contributed by atoms with Crippen LogP contribution in [0.4, 0.5) is 5.69 Å². The number of amides is 2. The summed E-state index contributed by atoms with van der Waals surface area (Å²) in [7, 11) is -3.79. The van der Waals surface area contributed by atoms with Gasteiger partial charge in [0, 0.05) is 12.6 Å². The summed E-state index contributed by atoms with van der Waals surface area (Å²) < 4.78 is 26.5. The van der Waals surface area contributed by atoms with Crippen LogP contribution in [0.1, 0.15) is 43.9 Å². The van der Waals surface area contributed by atoms with Crippen molar-refractivity contribution in [2.24, 2.45) is 0 Å². The first-order valence-electron chi connectivity index (χ1n) is 11.3. The van der Waals surface area contributed by atoms with E-state index in [4.69, 9.17) is 23.2 Å². The summed E-state index contributed by atoms with van der Waals surface area (Å²) in [6.07, 6.45) is 1.79. The molecule has 2 atom stereocenters. The number of carbonyl (C=O) groups is 2. The van der Waals surface area contributed by atoms with E-state index in [0.29, 0.717) is 26.9 Å². The summed E-state index contributed by atoms with van der Waals surface area (Å²) in [5, 5.41) is 3.58. The number of anilines is 1. The van der Waals surface area contributed by atoms with Gasteiger partial charge in [-0.05, 0) is 69.0 Å². The van der Waals surface area contributed by atoms with Crippen LogP contribution in [0, 0.1) is 13.8 Å². The number of nitrogens with zero attached hydrogens (tertiary/aromatic N) is 2. The Kier molecular flexibility index (Phi) is 10.0. The number of sulfonamides is 1. The van der Waals surface area contributed by atoms with Gasteiger partial charge in [-0.1, -0.05) is 48.3 Å². The van der Waals surface area contributed by atoms with E-state index in [1.54, 1.807) is 38.1 Å². The third-order valence-electron chi connectivity index (χ3n) is 5.82. The van der Waals surface area contributed by atoms with Gasteiger partial charge >= 0.3 is 0 Å². The zero-order chi connectivity index (χ0) is 26.5. The largest absolute Gasteiger partial charge is 0.352 e. The van der Waals surface area contributed by atoms with Crippen LogP contribution in [-0.4, -0.2) is 50.0 Å². The molecule has 0 aromatic heterocycles. The molecule has 10 heteroatoms. The van der Waals surface area contributed by atoms with Crippen LogP contribution in [0.5, 0.6) is 0 Å². The van der Waals surface area contributed by atoms with Crippen molar-refractivity contribution in [3.8, 4) is 0 Å². The molecule has 0 aliphatic rings. The summed E-state index contributed by atoms with van der Waals surface area (Å²) in [5.41, 5.74) is 2.66. The quantitative estimate of drug-likeness (QED) is 0.471. The van der Waals surface area contributed by atoms with E-state index < -0.39 is 28.5 Å². The number of nitrogens with one attached hydrogen (secondary N) is 1. The Morgan fingerprint density at radius 3 is 2.26 bits per heavy atom. The van der Waals surface area contributed by atoms with E-state index in [1.165, 1.54) is 4.90 Å². The topological polar surface area (TPSA) is 86.8 Å². The predicted octanol–water partition coefficient (Wildman–Crippen LogP) is 4.71. The van der Waals surface area contributed by atoms with Crippen LogP contribution in [0.3, 0.4) is 0 Å². The van der Waals surface area contributed by atoms with Crippen LogP contribution < -0.4 is 9.62 Å². The number of hydrogen-bond donors (Lipinski definition) is 1. The molecule has 0 heterocycles. The average Bonchev–Trinajstić information content (AvgIpc) is 2.78. The zero-order valence-corrected chi connectivity index (χ0v) is 23.3. The van der Waals surface area contributed by atoms with Gasteiger partial charge in [-0.25, -0.2) is 8.42 Å². The highest BCUT2D eigenvalue weighted by molar-refractivity contribution is 7.92. The SMILES string of the molecule is CC[C@@H](C)NC(=O)[C@H](C)N(Cc1ccc(Cl)c(Cl)c1)C(=O)CN(c1cc(C)ccc1C)S(C)(=O)=O. The molecule has 1 N–H and O–H groups in total. The first-order valence-corrected chi connectivity index (χ1v) is 13.9. The Hall–Kier alpha value is -2.29. The number of rotatable bonds is 10. The van der Waals surface area contributed by atoms with Crippen LogP contribution in [-0.2, 0) is 26.2 Å². The molecule has 0 unspecified atom stereocenters. The van der Waals surface area contributed by atoms with Crippen molar-refractivity contribution in [2.75, 3.05) is 17.1 Å². The van der Waals surface area contributed by atoms with Crippen molar-refractivity contribution in [2.45, 2.75) is 59.7 Å². The fourth-order valence-electron chi connectivity index (χ4n) is 3.47. The van der Waals surface area contributed by atoms with Gasteiger partial charge in [0.15, 0.2) is 0 Å². The summed E-state index contributed by atoms with van der Waals surface area (Å²) in [6.45, 7) is 8.68. The predicted molar refractivity (Wildman–Crippen MR) is 142 cm³/mol. The molecule has 0 fully saturated rings.